The number of hydrogen-bond acceptors (Lipinski definition) is 5. The number of anilines is 2. The van der Waals surface area contributed by atoms with Crippen molar-refractivity contribution in [2.24, 2.45) is 0 Å². The maximum Gasteiger partial charge on any atom is 0.294 e. The lowest BCUT2D eigenvalue weighted by molar-refractivity contribution is 0.0988. The highest BCUT2D eigenvalue weighted by Crippen LogP contribution is 2.25. The molecule has 6 heteroatoms. The van der Waals surface area contributed by atoms with Crippen LogP contribution in [-0.4, -0.2) is 48.7 Å². The van der Waals surface area contributed by atoms with Gasteiger partial charge in [0.05, 0.1) is 0 Å². The van der Waals surface area contributed by atoms with E-state index < -0.39 is 0 Å². The van der Waals surface area contributed by atoms with Crippen LogP contribution in [-0.2, 0) is 0 Å². The normalized spacial score (nSPS) is 14.8. The second-order valence-electron chi connectivity index (χ2n) is 7.32. The van der Waals surface area contributed by atoms with Gasteiger partial charge in [-0.3, -0.25) is 4.79 Å². The van der Waals surface area contributed by atoms with Crippen LogP contribution in [0.15, 0.2) is 59.1 Å². The van der Waals surface area contributed by atoms with E-state index in [0.717, 1.165) is 49.5 Å². The standard InChI is InChI=1S/C23H26N4O2/c1-3-26-11-13-27(14-12-26)19-9-10-20(17(2)15-19)24-23(28)22-16-21(25-29-22)18-7-5-4-6-8-18/h4-10,15-16H,3,11-14H2,1-2H3,(H,24,28). The van der Waals surface area contributed by atoms with Gasteiger partial charge in [0, 0.05) is 49.2 Å². The van der Waals surface area contributed by atoms with Gasteiger partial charge in [-0.15, -0.1) is 0 Å². The molecule has 0 atom stereocenters. The van der Waals surface area contributed by atoms with Crippen molar-refractivity contribution in [3.05, 3.63) is 65.9 Å². The van der Waals surface area contributed by atoms with E-state index >= 15 is 0 Å². The number of carbonyl (C=O) groups is 1. The Hall–Kier alpha value is -3.12. The molecule has 1 amide bonds. The van der Waals surface area contributed by atoms with E-state index in [-0.39, 0.29) is 11.7 Å². The maximum atomic E-state index is 12.6. The van der Waals surface area contributed by atoms with Crippen molar-refractivity contribution in [1.82, 2.24) is 10.1 Å². The molecule has 29 heavy (non-hydrogen) atoms. The molecule has 1 fully saturated rings. The third-order valence-corrected chi connectivity index (χ3v) is 5.45. The largest absolute Gasteiger partial charge is 0.369 e. The Balaban J connectivity index is 1.43. The van der Waals surface area contributed by atoms with Crippen LogP contribution in [0.2, 0.25) is 0 Å². The molecule has 0 unspecified atom stereocenters. The van der Waals surface area contributed by atoms with Crippen LogP contribution in [0.4, 0.5) is 11.4 Å². The molecule has 1 aliphatic rings. The Kier molecular flexibility index (Phi) is 5.62. The van der Waals surface area contributed by atoms with Gasteiger partial charge in [-0.25, -0.2) is 0 Å². The van der Waals surface area contributed by atoms with Gasteiger partial charge in [0.2, 0.25) is 5.76 Å². The zero-order valence-electron chi connectivity index (χ0n) is 16.9. The number of rotatable bonds is 5. The summed E-state index contributed by atoms with van der Waals surface area (Å²) in [4.78, 5) is 17.5. The molecule has 1 N–H and O–H groups in total. The molecule has 0 spiro atoms. The number of benzene rings is 2. The summed E-state index contributed by atoms with van der Waals surface area (Å²) in [5.41, 5.74) is 4.57. The highest BCUT2D eigenvalue weighted by Gasteiger charge is 2.18. The van der Waals surface area contributed by atoms with Gasteiger partial charge in [0.1, 0.15) is 5.69 Å². The van der Waals surface area contributed by atoms with Crippen molar-refractivity contribution in [3.63, 3.8) is 0 Å². The van der Waals surface area contributed by atoms with E-state index in [1.165, 1.54) is 5.69 Å². The number of likely N-dealkylation sites (N-methyl/N-ethyl adjacent to an activating group) is 1. The Bertz CT molecular complexity index is 976. The fourth-order valence-electron chi connectivity index (χ4n) is 3.62. The zero-order valence-corrected chi connectivity index (χ0v) is 16.9. The first-order chi connectivity index (χ1) is 14.1. The average Bonchev–Trinajstić information content (AvgIpc) is 3.26. The number of carbonyl (C=O) groups excluding carboxylic acids is 1. The van der Waals surface area contributed by atoms with E-state index in [1.807, 2.05) is 43.3 Å². The lowest BCUT2D eigenvalue weighted by Gasteiger charge is -2.35. The smallest absolute Gasteiger partial charge is 0.294 e. The predicted octanol–water partition coefficient (Wildman–Crippen LogP) is 4.04. The third kappa shape index (κ3) is 4.32. The lowest BCUT2D eigenvalue weighted by atomic mass is 10.1. The summed E-state index contributed by atoms with van der Waals surface area (Å²) in [6.07, 6.45) is 0. The summed E-state index contributed by atoms with van der Waals surface area (Å²) in [6, 6.07) is 17.5. The fraction of sp³-hybridized carbons (Fsp3) is 0.304. The maximum absolute atomic E-state index is 12.6. The number of nitrogens with zero attached hydrogens (tertiary/aromatic N) is 3. The first kappa shape index (κ1) is 19.2. The number of amides is 1. The number of aryl methyl sites for hydroxylation is 1. The van der Waals surface area contributed by atoms with Gasteiger partial charge in [-0.1, -0.05) is 42.4 Å². The van der Waals surface area contributed by atoms with Crippen LogP contribution >= 0.6 is 0 Å². The number of hydrogen-bond donors (Lipinski definition) is 1. The molecule has 1 aromatic heterocycles. The topological polar surface area (TPSA) is 61.6 Å². The van der Waals surface area contributed by atoms with Crippen LogP contribution in [0.25, 0.3) is 11.3 Å². The van der Waals surface area contributed by atoms with Crippen LogP contribution in [0.3, 0.4) is 0 Å². The van der Waals surface area contributed by atoms with Crippen molar-refractivity contribution >= 4 is 17.3 Å². The monoisotopic (exact) mass is 390 g/mol. The zero-order chi connectivity index (χ0) is 20.2. The van der Waals surface area contributed by atoms with Crippen molar-refractivity contribution in [2.45, 2.75) is 13.8 Å². The molecule has 1 aliphatic heterocycles. The van der Waals surface area contributed by atoms with Crippen molar-refractivity contribution in [1.29, 1.82) is 0 Å². The molecule has 0 radical (unpaired) electrons. The van der Waals surface area contributed by atoms with Gasteiger partial charge < -0.3 is 19.6 Å². The van der Waals surface area contributed by atoms with Crippen LogP contribution in [0, 0.1) is 6.92 Å². The van der Waals surface area contributed by atoms with Crippen LogP contribution in [0.5, 0.6) is 0 Å². The Morgan fingerprint density at radius 1 is 1.07 bits per heavy atom. The molecule has 0 saturated carbocycles. The molecular weight excluding hydrogens is 364 g/mol. The van der Waals surface area contributed by atoms with Crippen LogP contribution < -0.4 is 10.2 Å². The minimum absolute atomic E-state index is 0.197. The van der Waals surface area contributed by atoms with Crippen molar-refractivity contribution in [3.8, 4) is 11.3 Å². The third-order valence-electron chi connectivity index (χ3n) is 5.45. The summed E-state index contributed by atoms with van der Waals surface area (Å²) in [7, 11) is 0. The molecule has 150 valence electrons. The molecule has 4 rings (SSSR count). The minimum Gasteiger partial charge on any atom is -0.369 e. The summed E-state index contributed by atoms with van der Waals surface area (Å²) < 4.78 is 5.26. The van der Waals surface area contributed by atoms with E-state index in [1.54, 1.807) is 6.07 Å². The Morgan fingerprint density at radius 3 is 2.52 bits per heavy atom. The first-order valence-electron chi connectivity index (χ1n) is 10.1. The van der Waals surface area contributed by atoms with Crippen molar-refractivity contribution in [2.75, 3.05) is 42.9 Å². The Labute approximate surface area is 171 Å². The number of aromatic nitrogens is 1. The van der Waals surface area contributed by atoms with Gasteiger partial charge in [0.25, 0.3) is 5.91 Å². The quantitative estimate of drug-likeness (QED) is 0.712. The Morgan fingerprint density at radius 2 is 1.83 bits per heavy atom. The molecule has 0 bridgehead atoms. The molecular formula is C23H26N4O2. The van der Waals surface area contributed by atoms with E-state index in [0.29, 0.717) is 5.69 Å². The van der Waals surface area contributed by atoms with E-state index in [4.69, 9.17) is 4.52 Å². The molecule has 6 nitrogen and oxygen atoms in total. The SMILES string of the molecule is CCN1CCN(c2ccc(NC(=O)c3cc(-c4ccccc4)no3)c(C)c2)CC1. The predicted molar refractivity (Wildman–Crippen MR) is 115 cm³/mol. The lowest BCUT2D eigenvalue weighted by Crippen LogP contribution is -2.46. The first-order valence-corrected chi connectivity index (χ1v) is 10.1. The molecule has 2 heterocycles. The van der Waals surface area contributed by atoms with E-state index in [2.05, 4.69) is 39.3 Å². The van der Waals surface area contributed by atoms with Crippen LogP contribution in [0.1, 0.15) is 23.0 Å². The minimum atomic E-state index is -0.299. The highest BCUT2D eigenvalue weighted by molar-refractivity contribution is 6.03. The number of nitrogens with one attached hydrogen (secondary N) is 1. The molecule has 1 saturated heterocycles. The van der Waals surface area contributed by atoms with Gasteiger partial charge in [-0.2, -0.15) is 0 Å². The molecule has 2 aromatic carbocycles. The highest BCUT2D eigenvalue weighted by atomic mass is 16.5. The second kappa shape index (κ2) is 8.49. The summed E-state index contributed by atoms with van der Waals surface area (Å²) in [5, 5.41) is 6.95. The fourth-order valence-corrected chi connectivity index (χ4v) is 3.62. The second-order valence-corrected chi connectivity index (χ2v) is 7.32. The van der Waals surface area contributed by atoms with E-state index in [9.17, 15) is 4.79 Å². The summed E-state index contributed by atoms with van der Waals surface area (Å²) in [6.45, 7) is 9.54. The summed E-state index contributed by atoms with van der Waals surface area (Å²) in [5.74, 6) is -0.102. The molecule has 3 aromatic rings. The molecule has 0 aliphatic carbocycles. The van der Waals surface area contributed by atoms with Gasteiger partial charge in [-0.05, 0) is 37.2 Å². The van der Waals surface area contributed by atoms with Gasteiger partial charge >= 0.3 is 0 Å². The van der Waals surface area contributed by atoms with Gasteiger partial charge in [0.15, 0.2) is 0 Å². The number of piperazine rings is 1. The average molecular weight is 390 g/mol. The summed E-state index contributed by atoms with van der Waals surface area (Å²) >= 11 is 0. The van der Waals surface area contributed by atoms with Crippen molar-refractivity contribution < 1.29 is 9.32 Å².